The molecule has 19 heteroatoms. The van der Waals surface area contributed by atoms with E-state index in [1.807, 2.05) is 36.5 Å². The molecule has 618 valence electrons. The average molecular weight is 1550 g/mol. The molecule has 4 atom stereocenters. The number of aliphatic hydroxyl groups excluding tert-OH is 1. The molecule has 0 aliphatic carbocycles. The fourth-order valence-electron chi connectivity index (χ4n) is 10.8. The lowest BCUT2D eigenvalue weighted by Crippen LogP contribution is -2.30. The van der Waals surface area contributed by atoms with Crippen molar-refractivity contribution in [3.8, 4) is 0 Å². The van der Waals surface area contributed by atoms with Gasteiger partial charge in [-0.1, -0.05) is 302 Å². The van der Waals surface area contributed by atoms with Crippen molar-refractivity contribution in [2.75, 3.05) is 39.6 Å². The van der Waals surface area contributed by atoms with E-state index in [0.717, 1.165) is 154 Å². The van der Waals surface area contributed by atoms with Crippen LogP contribution in [0.3, 0.4) is 0 Å². The molecular formula is C89H150O17P2. The summed E-state index contributed by atoms with van der Waals surface area (Å²) in [6.45, 7) is 4.64. The molecule has 3 N–H and O–H groups in total. The maximum atomic E-state index is 13.1. The molecule has 108 heavy (non-hydrogen) atoms. The zero-order valence-corrected chi connectivity index (χ0v) is 69.5. The van der Waals surface area contributed by atoms with E-state index in [4.69, 9.17) is 37.0 Å². The Labute approximate surface area is 656 Å². The van der Waals surface area contributed by atoms with Gasteiger partial charge in [0.15, 0.2) is 12.2 Å². The number of carbonyl (C=O) groups excluding carboxylic acids is 4. The van der Waals surface area contributed by atoms with Crippen molar-refractivity contribution in [2.45, 2.75) is 354 Å². The summed E-state index contributed by atoms with van der Waals surface area (Å²) in [5.41, 5.74) is 0. The molecule has 0 radical (unpaired) electrons. The Balaban J connectivity index is 5.52. The van der Waals surface area contributed by atoms with Gasteiger partial charge in [0.25, 0.3) is 0 Å². The number of hydrogen-bond donors (Lipinski definition) is 3. The van der Waals surface area contributed by atoms with Crippen LogP contribution in [0.25, 0.3) is 0 Å². The summed E-state index contributed by atoms with van der Waals surface area (Å²) in [4.78, 5) is 73.1. The molecule has 0 aromatic rings. The number of allylic oxidation sites excluding steroid dienone is 24. The predicted molar refractivity (Wildman–Crippen MR) is 445 cm³/mol. The second kappa shape index (κ2) is 80.0. The number of phosphoric ester groups is 2. The summed E-state index contributed by atoms with van der Waals surface area (Å²) in [7, 11) is -10.0. The summed E-state index contributed by atoms with van der Waals surface area (Å²) in [6, 6.07) is 0. The highest BCUT2D eigenvalue weighted by Gasteiger charge is 2.30. The first-order valence-corrected chi connectivity index (χ1v) is 45.1. The highest BCUT2D eigenvalue weighted by Crippen LogP contribution is 2.45. The second-order valence-electron chi connectivity index (χ2n) is 27.7. The van der Waals surface area contributed by atoms with Gasteiger partial charge in [0.2, 0.25) is 0 Å². The van der Waals surface area contributed by atoms with Gasteiger partial charge >= 0.3 is 39.5 Å². The summed E-state index contributed by atoms with van der Waals surface area (Å²) in [5, 5.41) is 10.7. The molecule has 2 unspecified atom stereocenters. The van der Waals surface area contributed by atoms with Crippen molar-refractivity contribution < 1.29 is 80.2 Å². The zero-order chi connectivity index (χ0) is 78.9. The van der Waals surface area contributed by atoms with Gasteiger partial charge in [-0.3, -0.25) is 37.3 Å². The molecule has 0 bridgehead atoms. The smallest absolute Gasteiger partial charge is 0.462 e. The summed E-state index contributed by atoms with van der Waals surface area (Å²) < 4.78 is 68.6. The summed E-state index contributed by atoms with van der Waals surface area (Å²) in [6.07, 6.45) is 92.7. The van der Waals surface area contributed by atoms with Crippen LogP contribution in [0, 0.1) is 0 Å². The standard InChI is InChI=1S/C89H150O17P2/c1-5-9-13-17-21-25-29-33-37-39-41-43-47-51-55-59-63-67-71-75-88(93)105-84(79-99-86(91)73-69-65-61-57-53-49-45-35-31-27-23-19-15-11-7-3)81-103-107(95,96)101-77-83(90)78-102-108(97,98)104-82-85(80-100-87(92)74-70-66-62-58-54-50-46-36-32-28-24-20-16-12-8-4)106-89(94)76-72-68-64-60-56-52-48-44-42-40-38-34-30-26-22-18-14-10-6-2/h21-22,25-28,31-34,37-38,41-44,51-52,55-56,63-64,67-68,83-85,90H,5-20,23-24,29-30,35-36,39-40,45-50,53-54,57-62,65-66,69-82H2,1-4H3,(H,95,96)(H,97,98)/b25-21-,26-22-,31-27-,32-28-,37-33-,38-34-,43-41-,44-42-,55-51-,56-52-,67-63-,68-64-/t84-,85-/m1/s1. The van der Waals surface area contributed by atoms with Crippen LogP contribution < -0.4 is 0 Å². The molecular weight excluding hydrogens is 1400 g/mol. The SMILES string of the molecule is CCCCC/C=C\C/C=C\C/C=C\C/C=C\C/C=C\CCC(=O)O[C@H](COC(=O)CCCCCCCCC/C=C\CCCCCC)COP(=O)(O)OCC(O)COP(=O)(O)OC[C@@H](COC(=O)CCCCCCCCC/C=C\CCCCCC)OC(=O)CC/C=C\C/C=C\C/C=C\C/C=C\C/C=C\CCCCC. The Morgan fingerprint density at radius 3 is 0.759 bits per heavy atom. The van der Waals surface area contributed by atoms with Crippen molar-refractivity contribution >= 4 is 39.5 Å². The van der Waals surface area contributed by atoms with Crippen molar-refractivity contribution in [1.29, 1.82) is 0 Å². The fourth-order valence-corrected chi connectivity index (χ4v) is 12.4. The van der Waals surface area contributed by atoms with Gasteiger partial charge in [-0.25, -0.2) is 9.13 Å². The Morgan fingerprint density at radius 2 is 0.472 bits per heavy atom. The van der Waals surface area contributed by atoms with E-state index in [0.29, 0.717) is 38.5 Å². The largest absolute Gasteiger partial charge is 0.472 e. The highest BCUT2D eigenvalue weighted by atomic mass is 31.2. The number of carbonyl (C=O) groups is 4. The third kappa shape index (κ3) is 79.0. The molecule has 0 rings (SSSR count). The van der Waals surface area contributed by atoms with Crippen molar-refractivity contribution in [1.82, 2.24) is 0 Å². The molecule has 0 aromatic heterocycles. The number of unbranched alkanes of at least 4 members (excludes halogenated alkanes) is 28. The highest BCUT2D eigenvalue weighted by molar-refractivity contribution is 7.47. The van der Waals surface area contributed by atoms with Crippen molar-refractivity contribution in [3.63, 3.8) is 0 Å². The van der Waals surface area contributed by atoms with Crippen LogP contribution in [-0.2, 0) is 65.4 Å². The van der Waals surface area contributed by atoms with Gasteiger partial charge in [-0.2, -0.15) is 0 Å². The average Bonchev–Trinajstić information content (AvgIpc) is 0.907. The van der Waals surface area contributed by atoms with Gasteiger partial charge in [-0.15, -0.1) is 0 Å². The van der Waals surface area contributed by atoms with Crippen LogP contribution in [0.5, 0.6) is 0 Å². The Bertz CT molecular complexity index is 2440. The Kier molecular flexibility index (Phi) is 76.3. The molecule has 0 amide bonds. The number of aliphatic hydroxyl groups is 1. The van der Waals surface area contributed by atoms with Crippen LogP contribution in [0.1, 0.15) is 336 Å². The third-order valence-corrected chi connectivity index (χ3v) is 19.2. The van der Waals surface area contributed by atoms with E-state index in [1.165, 1.54) is 89.9 Å². The molecule has 0 aromatic carbocycles. The maximum Gasteiger partial charge on any atom is 0.472 e. The maximum absolute atomic E-state index is 13.1. The van der Waals surface area contributed by atoms with E-state index < -0.39 is 97.5 Å². The Hall–Kier alpha value is -5.06. The first-order chi connectivity index (χ1) is 52.7. The van der Waals surface area contributed by atoms with Crippen molar-refractivity contribution in [2.24, 2.45) is 0 Å². The number of ether oxygens (including phenoxy) is 4. The minimum atomic E-state index is -5.01. The van der Waals surface area contributed by atoms with Crippen LogP contribution in [0.15, 0.2) is 146 Å². The zero-order valence-electron chi connectivity index (χ0n) is 67.7. The van der Waals surface area contributed by atoms with E-state index in [1.54, 1.807) is 0 Å². The van der Waals surface area contributed by atoms with Gasteiger partial charge in [0.1, 0.15) is 19.3 Å². The topological polar surface area (TPSA) is 237 Å². The molecule has 0 aliphatic rings. The summed E-state index contributed by atoms with van der Waals surface area (Å²) in [5.74, 6) is -2.38. The lowest BCUT2D eigenvalue weighted by Gasteiger charge is -2.21. The van der Waals surface area contributed by atoms with E-state index in [9.17, 15) is 43.2 Å². The normalized spacial score (nSPS) is 14.5. The monoisotopic (exact) mass is 1550 g/mol. The van der Waals surface area contributed by atoms with Gasteiger partial charge in [0, 0.05) is 25.7 Å². The third-order valence-electron chi connectivity index (χ3n) is 17.3. The first-order valence-electron chi connectivity index (χ1n) is 42.1. The predicted octanol–water partition coefficient (Wildman–Crippen LogP) is 25.0. The van der Waals surface area contributed by atoms with Crippen LogP contribution in [-0.4, -0.2) is 96.7 Å². The lowest BCUT2D eigenvalue weighted by atomic mass is 10.1. The minimum absolute atomic E-state index is 0.0342. The molecule has 0 fully saturated rings. The molecule has 0 saturated carbocycles. The molecule has 0 saturated heterocycles. The lowest BCUT2D eigenvalue weighted by molar-refractivity contribution is -0.161. The molecule has 0 aliphatic heterocycles. The molecule has 0 heterocycles. The van der Waals surface area contributed by atoms with Gasteiger partial charge < -0.3 is 33.8 Å². The van der Waals surface area contributed by atoms with Gasteiger partial charge in [-0.05, 0) is 154 Å². The number of rotatable bonds is 78. The van der Waals surface area contributed by atoms with Crippen LogP contribution in [0.4, 0.5) is 0 Å². The first kappa shape index (κ1) is 103. The number of phosphoric acid groups is 2. The number of hydrogen-bond acceptors (Lipinski definition) is 15. The number of esters is 4. The van der Waals surface area contributed by atoms with E-state index >= 15 is 0 Å². The summed E-state index contributed by atoms with van der Waals surface area (Å²) >= 11 is 0. The van der Waals surface area contributed by atoms with Crippen LogP contribution in [0.2, 0.25) is 0 Å². The van der Waals surface area contributed by atoms with Crippen LogP contribution >= 0.6 is 15.6 Å². The Morgan fingerprint density at radius 1 is 0.259 bits per heavy atom. The van der Waals surface area contributed by atoms with Gasteiger partial charge in [0.05, 0.1) is 26.4 Å². The van der Waals surface area contributed by atoms with E-state index in [-0.39, 0.29) is 25.7 Å². The van der Waals surface area contributed by atoms with Crippen molar-refractivity contribution in [3.05, 3.63) is 146 Å². The minimum Gasteiger partial charge on any atom is -0.462 e. The second-order valence-corrected chi connectivity index (χ2v) is 30.6. The fraction of sp³-hybridized carbons (Fsp3) is 0.685. The van der Waals surface area contributed by atoms with E-state index in [2.05, 4.69) is 137 Å². The molecule has 0 spiro atoms. The quantitative estimate of drug-likeness (QED) is 0.0169. The molecule has 17 nitrogen and oxygen atoms in total.